The van der Waals surface area contributed by atoms with Gasteiger partial charge in [-0.05, 0) is 86.9 Å². The molecule has 0 aromatic heterocycles. The second kappa shape index (κ2) is 9.63. The molecule has 4 nitrogen and oxygen atoms in total. The highest BCUT2D eigenvalue weighted by Gasteiger charge is 2.62. The van der Waals surface area contributed by atoms with Gasteiger partial charge in [0.15, 0.2) is 0 Å². The molecule has 4 fully saturated rings. The van der Waals surface area contributed by atoms with E-state index in [0.29, 0.717) is 35.6 Å². The molecule has 33 heavy (non-hydrogen) atoms. The van der Waals surface area contributed by atoms with Gasteiger partial charge in [-0.25, -0.2) is 0 Å². The summed E-state index contributed by atoms with van der Waals surface area (Å²) in [6.07, 6.45) is 12.0. The molecule has 0 unspecified atom stereocenters. The Morgan fingerprint density at radius 3 is 2.55 bits per heavy atom. The Balaban J connectivity index is 1.49. The van der Waals surface area contributed by atoms with Crippen LogP contribution < -0.4 is 0 Å². The summed E-state index contributed by atoms with van der Waals surface area (Å²) in [5, 5.41) is 0. The molecule has 3 aliphatic carbocycles. The van der Waals surface area contributed by atoms with Gasteiger partial charge in [0.1, 0.15) is 11.9 Å². The maximum Gasteiger partial charge on any atom is 0.302 e. The summed E-state index contributed by atoms with van der Waals surface area (Å²) in [6.45, 7) is 13.3. The van der Waals surface area contributed by atoms with E-state index in [4.69, 9.17) is 9.47 Å². The predicted molar refractivity (Wildman–Crippen MR) is 131 cm³/mol. The smallest absolute Gasteiger partial charge is 0.302 e. The van der Waals surface area contributed by atoms with E-state index >= 15 is 0 Å². The number of fused-ring (bicyclic) bond motifs is 4. The van der Waals surface area contributed by atoms with Crippen molar-refractivity contribution in [3.8, 4) is 0 Å². The summed E-state index contributed by atoms with van der Waals surface area (Å²) >= 11 is 0. The molecule has 0 bridgehead atoms. The zero-order chi connectivity index (χ0) is 24.0. The lowest BCUT2D eigenvalue weighted by Gasteiger charge is -2.54. The molecule has 9 atom stereocenters. The van der Waals surface area contributed by atoms with Gasteiger partial charge in [-0.1, -0.05) is 47.0 Å². The lowest BCUT2D eigenvalue weighted by atomic mass is 9.50. The van der Waals surface area contributed by atoms with Crippen LogP contribution in [0.4, 0.5) is 0 Å². The highest BCUT2D eigenvalue weighted by Crippen LogP contribution is 2.61. The number of ketones is 1. The molecule has 188 valence electrons. The minimum absolute atomic E-state index is 0.0509. The minimum atomic E-state index is -0.161. The van der Waals surface area contributed by atoms with E-state index in [0.717, 1.165) is 57.3 Å². The first-order chi connectivity index (χ1) is 15.5. The predicted octanol–water partition coefficient (Wildman–Crippen LogP) is 6.74. The Kier molecular flexibility index (Phi) is 7.35. The Hall–Kier alpha value is -0.900. The number of epoxide rings is 1. The van der Waals surface area contributed by atoms with Gasteiger partial charge in [0.05, 0.1) is 11.7 Å². The Labute approximate surface area is 201 Å². The fourth-order valence-corrected chi connectivity index (χ4v) is 8.30. The second-order valence-electron chi connectivity index (χ2n) is 12.9. The van der Waals surface area contributed by atoms with Crippen LogP contribution in [0.1, 0.15) is 112 Å². The van der Waals surface area contributed by atoms with Crippen LogP contribution in [0.15, 0.2) is 0 Å². The van der Waals surface area contributed by atoms with Crippen LogP contribution in [-0.2, 0) is 19.1 Å². The summed E-state index contributed by atoms with van der Waals surface area (Å²) in [4.78, 5) is 25.1. The van der Waals surface area contributed by atoms with Crippen LogP contribution in [0.2, 0.25) is 0 Å². The standard InChI is InChI=1S/C29H48O4/c1-18(2)8-7-9-19(3)24-12-13-26(31)23-11-10-21-16-22(32-20(4)30)14-15-28(21,5)25(23)17-27-29(24,6)33-27/h18-19,21-25,27H,7-17H2,1-6H3/t19-,21+,22+,23-,24-,25+,27-,28+,29-/m1/s1. The summed E-state index contributed by atoms with van der Waals surface area (Å²) in [5.41, 5.74) is 0.107. The number of carbonyl (C=O) groups excluding carboxylic acids is 2. The van der Waals surface area contributed by atoms with E-state index in [-0.39, 0.29) is 29.0 Å². The molecule has 3 saturated carbocycles. The van der Waals surface area contributed by atoms with Gasteiger partial charge in [-0.15, -0.1) is 0 Å². The van der Waals surface area contributed by atoms with E-state index in [1.54, 1.807) is 0 Å². The maximum absolute atomic E-state index is 13.6. The summed E-state index contributed by atoms with van der Waals surface area (Å²) in [6, 6.07) is 0. The number of carbonyl (C=O) groups is 2. The Bertz CT molecular complexity index is 731. The lowest BCUT2D eigenvalue weighted by Crippen LogP contribution is -2.50. The average molecular weight is 461 g/mol. The van der Waals surface area contributed by atoms with Crippen LogP contribution in [0, 0.1) is 40.9 Å². The van der Waals surface area contributed by atoms with Gasteiger partial charge >= 0.3 is 5.97 Å². The first kappa shape index (κ1) is 25.2. The van der Waals surface area contributed by atoms with E-state index < -0.39 is 0 Å². The van der Waals surface area contributed by atoms with Crippen molar-refractivity contribution in [3.05, 3.63) is 0 Å². The zero-order valence-corrected chi connectivity index (χ0v) is 22.0. The first-order valence-electron chi connectivity index (χ1n) is 13.9. The third-order valence-electron chi connectivity index (χ3n) is 10.4. The Morgan fingerprint density at radius 2 is 1.85 bits per heavy atom. The molecule has 0 spiro atoms. The number of Topliss-reactive ketones (excluding diaryl/α,β-unsaturated/α-hetero) is 1. The van der Waals surface area contributed by atoms with Crippen LogP contribution >= 0.6 is 0 Å². The third kappa shape index (κ3) is 5.07. The van der Waals surface area contributed by atoms with Crippen molar-refractivity contribution in [1.82, 2.24) is 0 Å². The van der Waals surface area contributed by atoms with Gasteiger partial charge in [0, 0.05) is 19.3 Å². The normalized spacial score (nSPS) is 43.9. The molecule has 0 N–H and O–H groups in total. The molecule has 4 heteroatoms. The summed E-state index contributed by atoms with van der Waals surface area (Å²) < 4.78 is 12.2. The number of ether oxygens (including phenoxy) is 2. The SMILES string of the molecule is CC(=O)O[C@H]1CC[C@@]2(C)[C@@H](CC[C@H]3C(=O)CC[C@H]([C@H](C)CCCC(C)C)[C@@]4(C)O[C@@H]4C[C@@H]32)C1. The highest BCUT2D eigenvalue weighted by molar-refractivity contribution is 5.81. The van der Waals surface area contributed by atoms with Crippen molar-refractivity contribution < 1.29 is 19.1 Å². The van der Waals surface area contributed by atoms with Crippen LogP contribution in [0.3, 0.4) is 0 Å². The molecule has 1 aliphatic heterocycles. The van der Waals surface area contributed by atoms with Gasteiger partial charge in [0.2, 0.25) is 0 Å². The molecule has 0 aromatic rings. The largest absolute Gasteiger partial charge is 0.463 e. The van der Waals surface area contributed by atoms with Crippen LogP contribution in [-0.4, -0.2) is 29.6 Å². The molecule has 4 rings (SSSR count). The summed E-state index contributed by atoms with van der Waals surface area (Å²) in [5.74, 6) is 3.35. The van der Waals surface area contributed by atoms with Gasteiger partial charge in [0.25, 0.3) is 0 Å². The highest BCUT2D eigenvalue weighted by atomic mass is 16.6. The minimum Gasteiger partial charge on any atom is -0.463 e. The van der Waals surface area contributed by atoms with Gasteiger partial charge in [-0.3, -0.25) is 9.59 Å². The van der Waals surface area contributed by atoms with Crippen molar-refractivity contribution in [2.24, 2.45) is 40.9 Å². The third-order valence-corrected chi connectivity index (χ3v) is 10.4. The van der Waals surface area contributed by atoms with Crippen LogP contribution in [0.25, 0.3) is 0 Å². The zero-order valence-electron chi connectivity index (χ0n) is 22.0. The van der Waals surface area contributed by atoms with Crippen molar-refractivity contribution in [2.75, 3.05) is 0 Å². The van der Waals surface area contributed by atoms with Crippen molar-refractivity contribution in [1.29, 1.82) is 0 Å². The average Bonchev–Trinajstić information content (AvgIpc) is 3.37. The molecule has 1 heterocycles. The molecule has 0 aromatic carbocycles. The fourth-order valence-electron chi connectivity index (χ4n) is 8.30. The molecule has 0 radical (unpaired) electrons. The van der Waals surface area contributed by atoms with Gasteiger partial charge in [-0.2, -0.15) is 0 Å². The van der Waals surface area contributed by atoms with E-state index in [2.05, 4.69) is 34.6 Å². The van der Waals surface area contributed by atoms with E-state index in [1.807, 2.05) is 0 Å². The van der Waals surface area contributed by atoms with Crippen LogP contribution in [0.5, 0.6) is 0 Å². The molecular weight excluding hydrogens is 412 g/mol. The summed E-state index contributed by atoms with van der Waals surface area (Å²) in [7, 11) is 0. The number of hydrogen-bond acceptors (Lipinski definition) is 4. The fraction of sp³-hybridized carbons (Fsp3) is 0.931. The van der Waals surface area contributed by atoms with Gasteiger partial charge < -0.3 is 9.47 Å². The van der Waals surface area contributed by atoms with E-state index in [1.165, 1.54) is 26.2 Å². The number of rotatable bonds is 6. The molecular formula is C29H48O4. The van der Waals surface area contributed by atoms with E-state index in [9.17, 15) is 9.59 Å². The van der Waals surface area contributed by atoms with Crippen molar-refractivity contribution >= 4 is 11.8 Å². The molecule has 4 aliphatic rings. The molecule has 0 amide bonds. The second-order valence-corrected chi connectivity index (χ2v) is 12.9. The Morgan fingerprint density at radius 1 is 1.09 bits per heavy atom. The monoisotopic (exact) mass is 460 g/mol. The number of esters is 1. The number of hydrogen-bond donors (Lipinski definition) is 0. The van der Waals surface area contributed by atoms with Crippen molar-refractivity contribution in [2.45, 2.75) is 130 Å². The lowest BCUT2D eigenvalue weighted by molar-refractivity contribution is -0.155. The van der Waals surface area contributed by atoms with Crippen molar-refractivity contribution in [3.63, 3.8) is 0 Å². The quantitative estimate of drug-likeness (QED) is 0.325. The molecule has 1 saturated heterocycles. The maximum atomic E-state index is 13.6. The first-order valence-corrected chi connectivity index (χ1v) is 13.9. The topological polar surface area (TPSA) is 55.9 Å².